The summed E-state index contributed by atoms with van der Waals surface area (Å²) in [5, 5.41) is 2.80. The summed E-state index contributed by atoms with van der Waals surface area (Å²) >= 11 is 0. The first-order valence-electron chi connectivity index (χ1n) is 12.4. The lowest BCUT2D eigenvalue weighted by atomic mass is 9.58. The molecule has 0 unspecified atom stereocenters. The van der Waals surface area contributed by atoms with Crippen LogP contribution in [0.5, 0.6) is 0 Å². The van der Waals surface area contributed by atoms with E-state index in [1.165, 1.54) is 0 Å². The van der Waals surface area contributed by atoms with Gasteiger partial charge in [-0.2, -0.15) is 0 Å². The molecule has 9 nitrogen and oxygen atoms in total. The van der Waals surface area contributed by atoms with Gasteiger partial charge in [-0.15, -0.1) is 0 Å². The fourth-order valence-corrected chi connectivity index (χ4v) is 6.20. The van der Waals surface area contributed by atoms with Crippen LogP contribution in [-0.4, -0.2) is 40.8 Å². The number of rotatable bonds is 6. The highest BCUT2D eigenvalue weighted by Gasteiger charge is 2.69. The Morgan fingerprint density at radius 3 is 2.82 bits per heavy atom. The summed E-state index contributed by atoms with van der Waals surface area (Å²) in [6, 6.07) is 3.69. The Kier molecular flexibility index (Phi) is 6.39. The predicted octanol–water partition coefficient (Wildman–Crippen LogP) is 3.23. The third-order valence-corrected chi connectivity index (χ3v) is 8.11. The normalized spacial score (nSPS) is 40.7. The molecule has 5 fully saturated rings. The molecule has 0 aromatic carbocycles. The molecule has 1 N–H and O–H groups in total. The number of hydrogen-bond donors (Lipinski definition) is 1. The number of amides is 1. The van der Waals surface area contributed by atoms with Crippen molar-refractivity contribution in [3.63, 3.8) is 0 Å². The minimum atomic E-state index is -0.876. The molecule has 1 saturated carbocycles. The van der Waals surface area contributed by atoms with E-state index in [1.807, 2.05) is 26.0 Å². The van der Waals surface area contributed by atoms with Gasteiger partial charge in [-0.3, -0.25) is 14.6 Å². The van der Waals surface area contributed by atoms with Crippen LogP contribution in [0.1, 0.15) is 64.9 Å². The summed E-state index contributed by atoms with van der Waals surface area (Å²) in [5.41, 5.74) is 0.205. The van der Waals surface area contributed by atoms with E-state index in [0.29, 0.717) is 12.5 Å². The first-order chi connectivity index (χ1) is 16.3. The maximum absolute atomic E-state index is 12.6. The van der Waals surface area contributed by atoms with Gasteiger partial charge in [0.15, 0.2) is 11.9 Å². The highest BCUT2D eigenvalue weighted by atomic mass is 17.3. The van der Waals surface area contributed by atoms with Crippen LogP contribution < -0.4 is 5.32 Å². The number of hydrogen-bond acceptors (Lipinski definition) is 8. The third kappa shape index (κ3) is 4.23. The fraction of sp³-hybridized carbons (Fsp3) is 0.720. The van der Waals surface area contributed by atoms with Crippen molar-refractivity contribution in [1.29, 1.82) is 0 Å². The highest BCUT2D eigenvalue weighted by molar-refractivity contribution is 5.81. The Morgan fingerprint density at radius 2 is 2.03 bits per heavy atom. The minimum Gasteiger partial charge on any atom is -0.435 e. The Morgan fingerprint density at radius 1 is 1.18 bits per heavy atom. The minimum absolute atomic E-state index is 0.0240. The average molecular weight is 475 g/mol. The summed E-state index contributed by atoms with van der Waals surface area (Å²) in [4.78, 5) is 40.7. The zero-order chi connectivity index (χ0) is 23.9. The van der Waals surface area contributed by atoms with Crippen LogP contribution in [0, 0.1) is 23.7 Å². The molecular formula is C25H34N2O7. The van der Waals surface area contributed by atoms with Gasteiger partial charge >= 0.3 is 5.97 Å². The van der Waals surface area contributed by atoms with Crippen molar-refractivity contribution in [3.05, 3.63) is 30.1 Å². The molecule has 5 aliphatic rings. The second kappa shape index (κ2) is 9.18. The number of esters is 1. The molecular weight excluding hydrogens is 440 g/mol. The second-order valence-corrected chi connectivity index (χ2v) is 10.4. The molecule has 0 radical (unpaired) electrons. The van der Waals surface area contributed by atoms with E-state index in [2.05, 4.69) is 17.2 Å². The van der Waals surface area contributed by atoms with Crippen molar-refractivity contribution in [3.8, 4) is 0 Å². The molecule has 4 saturated heterocycles. The standard InChI is InChI=1S/C25H34N2O7/c1-15-6-7-19-16(2)22(31-23-25(19)18(15)10-11-24(3,32-23)33-34-25)30-21(29)9-8-20(28)27-14-17-5-4-12-26-13-17/h4-5,12-13,15-16,18-19,22-23H,6-11,14H2,1-3H3,(H,27,28)/t15-,16-,18+,19+,22-,23-,24+,25-/m1/s1. The van der Waals surface area contributed by atoms with E-state index in [1.54, 1.807) is 12.4 Å². The number of aromatic nitrogens is 1. The van der Waals surface area contributed by atoms with Gasteiger partial charge in [0.1, 0.15) is 0 Å². The van der Waals surface area contributed by atoms with Gasteiger partial charge in [-0.25, -0.2) is 9.78 Å². The van der Waals surface area contributed by atoms with E-state index >= 15 is 0 Å². The molecule has 5 heterocycles. The number of nitrogens with one attached hydrogen (secondary N) is 1. The monoisotopic (exact) mass is 474 g/mol. The Hall–Kier alpha value is -2.07. The summed E-state index contributed by atoms with van der Waals surface area (Å²) in [6.07, 6.45) is 5.64. The van der Waals surface area contributed by atoms with Crippen molar-refractivity contribution in [2.75, 3.05) is 0 Å². The molecule has 1 spiro atoms. The van der Waals surface area contributed by atoms with Crippen LogP contribution in [-0.2, 0) is 40.1 Å². The number of carbonyl (C=O) groups excluding carboxylic acids is 2. The first-order valence-corrected chi connectivity index (χ1v) is 12.4. The molecule has 8 atom stereocenters. The predicted molar refractivity (Wildman–Crippen MR) is 118 cm³/mol. The molecule has 6 rings (SSSR count). The van der Waals surface area contributed by atoms with Crippen LogP contribution in [0.2, 0.25) is 0 Å². The molecule has 2 bridgehead atoms. The number of fused-ring (bicyclic) bond motifs is 2. The maximum Gasteiger partial charge on any atom is 0.308 e. The third-order valence-electron chi connectivity index (χ3n) is 8.11. The van der Waals surface area contributed by atoms with Crippen molar-refractivity contribution < 1.29 is 33.6 Å². The van der Waals surface area contributed by atoms with Crippen molar-refractivity contribution >= 4 is 11.9 Å². The van der Waals surface area contributed by atoms with Gasteiger partial charge in [0, 0.05) is 43.6 Å². The number of ether oxygens (including phenoxy) is 3. The highest BCUT2D eigenvalue weighted by Crippen LogP contribution is 2.60. The largest absolute Gasteiger partial charge is 0.435 e. The van der Waals surface area contributed by atoms with E-state index in [9.17, 15) is 9.59 Å². The van der Waals surface area contributed by atoms with E-state index in [-0.39, 0.29) is 36.5 Å². The lowest BCUT2D eigenvalue weighted by molar-refractivity contribution is -0.576. The van der Waals surface area contributed by atoms with Crippen LogP contribution in [0.15, 0.2) is 24.5 Å². The molecule has 34 heavy (non-hydrogen) atoms. The van der Waals surface area contributed by atoms with Gasteiger partial charge < -0.3 is 19.5 Å². The van der Waals surface area contributed by atoms with Crippen molar-refractivity contribution in [2.24, 2.45) is 23.7 Å². The van der Waals surface area contributed by atoms with Crippen LogP contribution in [0.25, 0.3) is 0 Å². The summed E-state index contributed by atoms with van der Waals surface area (Å²) in [7, 11) is 0. The lowest BCUT2D eigenvalue weighted by Gasteiger charge is -2.59. The van der Waals surface area contributed by atoms with E-state index < -0.39 is 29.9 Å². The quantitative estimate of drug-likeness (QED) is 0.495. The number of carbonyl (C=O) groups is 2. The molecule has 1 aromatic rings. The zero-order valence-electron chi connectivity index (χ0n) is 20.0. The van der Waals surface area contributed by atoms with Crippen LogP contribution in [0.4, 0.5) is 0 Å². The summed E-state index contributed by atoms with van der Waals surface area (Å²) in [5.74, 6) is -0.856. The Labute approximate surface area is 199 Å². The van der Waals surface area contributed by atoms with Gasteiger partial charge in [0.05, 0.1) is 6.42 Å². The lowest BCUT2D eigenvalue weighted by Crippen LogP contribution is -2.70. The second-order valence-electron chi connectivity index (χ2n) is 10.4. The average Bonchev–Trinajstić information content (AvgIpc) is 3.06. The van der Waals surface area contributed by atoms with Crippen LogP contribution >= 0.6 is 0 Å². The van der Waals surface area contributed by atoms with Crippen molar-refractivity contribution in [1.82, 2.24) is 10.3 Å². The van der Waals surface area contributed by atoms with E-state index in [0.717, 1.165) is 31.2 Å². The molecule has 1 aliphatic carbocycles. The van der Waals surface area contributed by atoms with Crippen LogP contribution in [0.3, 0.4) is 0 Å². The number of pyridine rings is 1. The summed E-state index contributed by atoms with van der Waals surface area (Å²) < 4.78 is 18.3. The zero-order valence-corrected chi connectivity index (χ0v) is 20.0. The smallest absolute Gasteiger partial charge is 0.308 e. The maximum atomic E-state index is 12.6. The topological polar surface area (TPSA) is 105 Å². The Balaban J connectivity index is 1.20. The SMILES string of the molecule is C[C@H]1[C@H](OC(=O)CCC(=O)NCc2cccnc2)O[C@@H]2O[C@]3(C)CC[C@H]4[C@H](C)CC[C@@H]1[C@@]24OO3. The van der Waals surface area contributed by atoms with E-state index in [4.69, 9.17) is 24.0 Å². The van der Waals surface area contributed by atoms with Gasteiger partial charge in [0.25, 0.3) is 0 Å². The van der Waals surface area contributed by atoms with Gasteiger partial charge in [0.2, 0.25) is 18.0 Å². The molecule has 9 heteroatoms. The first kappa shape index (κ1) is 23.7. The Bertz CT molecular complexity index is 914. The molecule has 4 aliphatic heterocycles. The molecule has 186 valence electrons. The molecule has 1 aromatic heterocycles. The summed E-state index contributed by atoms with van der Waals surface area (Å²) in [6.45, 7) is 6.52. The van der Waals surface area contributed by atoms with Crippen molar-refractivity contribution in [2.45, 2.75) is 89.8 Å². The number of nitrogens with zero attached hydrogens (tertiary/aromatic N) is 1. The van der Waals surface area contributed by atoms with Gasteiger partial charge in [-0.05, 0) is 49.7 Å². The molecule has 1 amide bonds. The fourth-order valence-electron chi connectivity index (χ4n) is 6.20. The van der Waals surface area contributed by atoms with Gasteiger partial charge in [-0.1, -0.05) is 19.9 Å².